The van der Waals surface area contributed by atoms with Crippen LogP contribution in [-0.2, 0) is 11.2 Å². The first-order chi connectivity index (χ1) is 16.0. The Morgan fingerprint density at radius 2 is 1.62 bits per heavy atom. The molecule has 0 aliphatic heterocycles. The van der Waals surface area contributed by atoms with Gasteiger partial charge in [0.15, 0.2) is 5.75 Å². The zero-order chi connectivity index (χ0) is 25.0. The van der Waals surface area contributed by atoms with Gasteiger partial charge in [-0.15, -0.1) is 0 Å². The van der Waals surface area contributed by atoms with Crippen LogP contribution in [0.1, 0.15) is 36.6 Å². The van der Waals surface area contributed by atoms with Gasteiger partial charge in [-0.25, -0.2) is 8.78 Å². The summed E-state index contributed by atoms with van der Waals surface area (Å²) in [5.74, 6) is -1.31. The van der Waals surface area contributed by atoms with Crippen molar-refractivity contribution in [3.8, 4) is 17.2 Å². The third-order valence-electron chi connectivity index (χ3n) is 4.69. The largest absolute Gasteiger partial charge is 0.493 e. The van der Waals surface area contributed by atoms with Crippen molar-refractivity contribution in [3.05, 3.63) is 85.8 Å². The fourth-order valence-corrected chi connectivity index (χ4v) is 4.63. The van der Waals surface area contributed by atoms with E-state index >= 15 is 0 Å². The molecule has 5 nitrogen and oxygen atoms in total. The lowest BCUT2D eigenvalue weighted by molar-refractivity contribution is -0.136. The van der Waals surface area contributed by atoms with Crippen molar-refractivity contribution in [2.75, 3.05) is 6.61 Å². The number of hydrogen-bond acceptors (Lipinski definition) is 4. The van der Waals surface area contributed by atoms with Crippen LogP contribution < -0.4 is 9.47 Å². The number of aliphatic carboxylic acids is 1. The molecule has 0 aliphatic rings. The molecule has 2 N–H and O–H groups in total. The van der Waals surface area contributed by atoms with Gasteiger partial charge in [-0.3, -0.25) is 4.79 Å². The van der Waals surface area contributed by atoms with E-state index in [1.54, 1.807) is 30.3 Å². The van der Waals surface area contributed by atoms with E-state index in [4.69, 9.17) is 14.6 Å². The van der Waals surface area contributed by atoms with E-state index in [0.717, 1.165) is 18.2 Å². The summed E-state index contributed by atoms with van der Waals surface area (Å²) in [5, 5.41) is 20.0. The normalized spacial score (nSPS) is 12.0. The zero-order valence-electron chi connectivity index (χ0n) is 18.3. The van der Waals surface area contributed by atoms with Crippen molar-refractivity contribution in [2.24, 2.45) is 5.92 Å². The van der Waals surface area contributed by atoms with Crippen LogP contribution in [0.25, 0.3) is 0 Å². The fraction of sp³-hybridized carbons (Fsp3) is 0.240. The van der Waals surface area contributed by atoms with Gasteiger partial charge in [0.05, 0.1) is 22.0 Å². The van der Waals surface area contributed by atoms with Crippen LogP contribution in [0.15, 0.2) is 57.5 Å². The van der Waals surface area contributed by atoms with Crippen molar-refractivity contribution in [2.45, 2.75) is 26.4 Å². The highest BCUT2D eigenvalue weighted by atomic mass is 79.9. The lowest BCUT2D eigenvalue weighted by Crippen LogP contribution is -2.07. The van der Waals surface area contributed by atoms with Crippen LogP contribution in [0, 0.1) is 17.6 Å². The summed E-state index contributed by atoms with van der Waals surface area (Å²) < 4.78 is 40.4. The average Bonchev–Trinajstić information content (AvgIpc) is 2.73. The van der Waals surface area contributed by atoms with Crippen LogP contribution >= 0.6 is 31.9 Å². The minimum absolute atomic E-state index is 0.0214. The van der Waals surface area contributed by atoms with E-state index in [0.29, 0.717) is 32.6 Å². The van der Waals surface area contributed by atoms with Gasteiger partial charge < -0.3 is 19.7 Å². The summed E-state index contributed by atoms with van der Waals surface area (Å²) in [4.78, 5) is 11.1. The zero-order valence-corrected chi connectivity index (χ0v) is 21.5. The Labute approximate surface area is 212 Å². The summed E-state index contributed by atoms with van der Waals surface area (Å²) in [6, 6.07) is 10.9. The maximum Gasteiger partial charge on any atom is 0.307 e. The highest BCUT2D eigenvalue weighted by molar-refractivity contribution is 9.11. The molecule has 3 aromatic carbocycles. The molecule has 0 aliphatic carbocycles. The third-order valence-corrected chi connectivity index (χ3v) is 5.87. The lowest BCUT2D eigenvalue weighted by Gasteiger charge is -2.20. The summed E-state index contributed by atoms with van der Waals surface area (Å²) in [6.07, 6.45) is -1.56. The molecule has 0 fully saturated rings. The van der Waals surface area contributed by atoms with Gasteiger partial charge in [0.1, 0.15) is 29.2 Å². The minimum atomic E-state index is -1.39. The number of carboxylic acid groups (broad SMARTS) is 1. The Kier molecular flexibility index (Phi) is 8.67. The van der Waals surface area contributed by atoms with Crippen LogP contribution in [0.4, 0.5) is 8.78 Å². The Morgan fingerprint density at radius 3 is 2.18 bits per heavy atom. The predicted octanol–water partition coefficient (Wildman–Crippen LogP) is 7.03. The van der Waals surface area contributed by atoms with E-state index in [9.17, 15) is 18.7 Å². The number of hydrogen-bond donors (Lipinski definition) is 2. The van der Waals surface area contributed by atoms with Crippen molar-refractivity contribution < 1.29 is 33.3 Å². The molecule has 0 amide bonds. The minimum Gasteiger partial charge on any atom is -0.493 e. The summed E-state index contributed by atoms with van der Waals surface area (Å²) >= 11 is 6.80. The van der Waals surface area contributed by atoms with Crippen molar-refractivity contribution >= 4 is 37.8 Å². The molecule has 1 unspecified atom stereocenters. The number of aliphatic hydroxyl groups is 1. The number of rotatable bonds is 9. The number of carboxylic acids is 1. The second-order valence-electron chi connectivity index (χ2n) is 8.07. The highest BCUT2D eigenvalue weighted by Gasteiger charge is 2.21. The molecule has 9 heteroatoms. The second-order valence-corrected chi connectivity index (χ2v) is 9.78. The molecule has 0 heterocycles. The quantitative estimate of drug-likeness (QED) is 0.276. The molecule has 0 radical (unpaired) electrons. The van der Waals surface area contributed by atoms with Crippen LogP contribution in [-0.4, -0.2) is 22.8 Å². The van der Waals surface area contributed by atoms with E-state index < -0.39 is 23.7 Å². The monoisotopic (exact) mass is 598 g/mol. The molecule has 180 valence electrons. The van der Waals surface area contributed by atoms with Crippen molar-refractivity contribution in [1.29, 1.82) is 0 Å². The summed E-state index contributed by atoms with van der Waals surface area (Å²) in [5.41, 5.74) is 0.826. The number of aliphatic hydroxyl groups excluding tert-OH is 1. The average molecular weight is 600 g/mol. The maximum atomic E-state index is 13.8. The van der Waals surface area contributed by atoms with Crippen LogP contribution in [0.3, 0.4) is 0 Å². The smallest absolute Gasteiger partial charge is 0.307 e. The van der Waals surface area contributed by atoms with Gasteiger partial charge in [0, 0.05) is 17.7 Å². The second kappa shape index (κ2) is 11.3. The molecular formula is C25H22Br2F2O5. The molecule has 0 bridgehead atoms. The van der Waals surface area contributed by atoms with Gasteiger partial charge in [0.25, 0.3) is 0 Å². The first kappa shape index (κ1) is 26.1. The molecule has 0 spiro atoms. The Bertz CT molecular complexity index is 1160. The first-order valence-corrected chi connectivity index (χ1v) is 11.9. The molecule has 0 saturated heterocycles. The van der Waals surface area contributed by atoms with E-state index in [1.807, 2.05) is 13.8 Å². The van der Waals surface area contributed by atoms with Gasteiger partial charge in [0.2, 0.25) is 0 Å². The molecule has 34 heavy (non-hydrogen) atoms. The number of carbonyl (C=O) groups is 1. The Hall–Kier alpha value is -2.49. The van der Waals surface area contributed by atoms with Crippen molar-refractivity contribution in [1.82, 2.24) is 0 Å². The SMILES string of the molecule is CC(C)COc1ccc(C(O)c2cc(F)cc(F)c2)c(Oc2c(Br)cc(CC(=O)O)cc2Br)c1. The molecule has 0 aromatic heterocycles. The number of ether oxygens (including phenoxy) is 2. The maximum absolute atomic E-state index is 13.8. The van der Waals surface area contributed by atoms with Crippen LogP contribution in [0.2, 0.25) is 0 Å². The van der Waals surface area contributed by atoms with E-state index in [-0.39, 0.29) is 29.2 Å². The number of halogens is 4. The van der Waals surface area contributed by atoms with Gasteiger partial charge in [-0.05, 0) is 85.3 Å². The first-order valence-electron chi connectivity index (χ1n) is 10.3. The topological polar surface area (TPSA) is 76.0 Å². The molecular weight excluding hydrogens is 578 g/mol. The standard InChI is InChI=1S/C25H22Br2F2O5/c1-13(2)12-33-18-3-4-19(24(32)15-8-16(28)10-17(29)9-15)22(11-18)34-25-20(26)5-14(6-21(25)27)7-23(30)31/h3-6,8-11,13,24,32H,7,12H2,1-2H3,(H,30,31). The van der Waals surface area contributed by atoms with E-state index in [2.05, 4.69) is 31.9 Å². The summed E-state index contributed by atoms with van der Waals surface area (Å²) in [7, 11) is 0. The molecule has 3 aromatic rings. The lowest BCUT2D eigenvalue weighted by atomic mass is 10.00. The van der Waals surface area contributed by atoms with Gasteiger partial charge >= 0.3 is 5.97 Å². The van der Waals surface area contributed by atoms with Crippen molar-refractivity contribution in [3.63, 3.8) is 0 Å². The molecule has 3 rings (SSSR count). The number of benzene rings is 3. The Balaban J connectivity index is 2.04. The van der Waals surface area contributed by atoms with E-state index in [1.165, 1.54) is 0 Å². The van der Waals surface area contributed by atoms with Crippen LogP contribution in [0.5, 0.6) is 17.2 Å². The predicted molar refractivity (Wildman–Crippen MR) is 130 cm³/mol. The fourth-order valence-electron chi connectivity index (χ4n) is 3.19. The van der Waals surface area contributed by atoms with Gasteiger partial charge in [-0.1, -0.05) is 13.8 Å². The summed E-state index contributed by atoms with van der Waals surface area (Å²) in [6.45, 7) is 4.45. The van der Waals surface area contributed by atoms with Gasteiger partial charge in [-0.2, -0.15) is 0 Å². The Morgan fingerprint density at radius 1 is 1.00 bits per heavy atom. The molecule has 1 atom stereocenters. The third kappa shape index (κ3) is 6.77. The highest BCUT2D eigenvalue weighted by Crippen LogP contribution is 2.42. The molecule has 0 saturated carbocycles.